The maximum absolute atomic E-state index is 11.6. The van der Waals surface area contributed by atoms with Gasteiger partial charge < -0.3 is 20.5 Å². The van der Waals surface area contributed by atoms with Crippen LogP contribution in [0.25, 0.3) is 6.08 Å². The van der Waals surface area contributed by atoms with Gasteiger partial charge in [0.25, 0.3) is 5.91 Å². The van der Waals surface area contributed by atoms with Gasteiger partial charge in [0.1, 0.15) is 0 Å². The fraction of sp³-hybridized carbons (Fsp3) is 0.375. The normalized spacial score (nSPS) is 10.5. The quantitative estimate of drug-likeness (QED) is 0.534. The van der Waals surface area contributed by atoms with Crippen LogP contribution in [0.1, 0.15) is 25.3 Å². The van der Waals surface area contributed by atoms with E-state index in [0.29, 0.717) is 18.0 Å². The van der Waals surface area contributed by atoms with Crippen LogP contribution in [0.2, 0.25) is 0 Å². The second-order valence-corrected chi connectivity index (χ2v) is 4.64. The third-order valence-corrected chi connectivity index (χ3v) is 2.81. The fourth-order valence-electron chi connectivity index (χ4n) is 1.68. The maximum atomic E-state index is 11.6. The molecule has 1 aromatic rings. The molecular formula is C16H22N2O4. The number of methoxy groups -OCH3 is 1. The van der Waals surface area contributed by atoms with Crippen LogP contribution >= 0.6 is 0 Å². The minimum absolute atomic E-state index is 0.138. The smallest absolute Gasteiger partial charge is 0.255 e. The van der Waals surface area contributed by atoms with Crippen molar-refractivity contribution in [3.05, 3.63) is 29.8 Å². The van der Waals surface area contributed by atoms with Crippen molar-refractivity contribution in [3.63, 3.8) is 0 Å². The van der Waals surface area contributed by atoms with Crippen molar-refractivity contribution >= 4 is 17.9 Å². The molecule has 0 spiro atoms. The molecule has 120 valence electrons. The zero-order chi connectivity index (χ0) is 16.4. The maximum Gasteiger partial charge on any atom is 0.255 e. The van der Waals surface area contributed by atoms with Gasteiger partial charge in [0.2, 0.25) is 5.91 Å². The Hall–Kier alpha value is -2.50. The number of ether oxygens (including phenoxy) is 2. The van der Waals surface area contributed by atoms with Crippen molar-refractivity contribution in [2.75, 3.05) is 20.3 Å². The zero-order valence-corrected chi connectivity index (χ0v) is 12.9. The second kappa shape index (κ2) is 9.44. The van der Waals surface area contributed by atoms with Gasteiger partial charge in [0, 0.05) is 12.6 Å². The van der Waals surface area contributed by atoms with Gasteiger partial charge in [-0.2, -0.15) is 0 Å². The van der Waals surface area contributed by atoms with Crippen LogP contribution < -0.4 is 20.5 Å². The second-order valence-electron chi connectivity index (χ2n) is 4.64. The van der Waals surface area contributed by atoms with Crippen LogP contribution in [0.4, 0.5) is 0 Å². The van der Waals surface area contributed by atoms with Gasteiger partial charge in [-0.25, -0.2) is 0 Å². The minimum Gasteiger partial charge on any atom is -0.493 e. The van der Waals surface area contributed by atoms with Gasteiger partial charge >= 0.3 is 0 Å². The van der Waals surface area contributed by atoms with E-state index in [0.717, 1.165) is 18.4 Å². The summed E-state index contributed by atoms with van der Waals surface area (Å²) in [5.74, 6) is 0.192. The largest absolute Gasteiger partial charge is 0.493 e. The van der Waals surface area contributed by atoms with Crippen LogP contribution in [0.15, 0.2) is 24.3 Å². The lowest BCUT2D eigenvalue weighted by atomic mass is 10.2. The van der Waals surface area contributed by atoms with Crippen LogP contribution in [0, 0.1) is 0 Å². The van der Waals surface area contributed by atoms with E-state index in [1.54, 1.807) is 24.3 Å². The monoisotopic (exact) mass is 306 g/mol. The average Bonchev–Trinajstić information content (AvgIpc) is 2.51. The molecule has 0 aliphatic rings. The van der Waals surface area contributed by atoms with E-state index >= 15 is 0 Å². The number of amides is 2. The third kappa shape index (κ3) is 6.30. The van der Waals surface area contributed by atoms with Gasteiger partial charge in [-0.1, -0.05) is 19.4 Å². The highest BCUT2D eigenvalue weighted by atomic mass is 16.5. The lowest BCUT2D eigenvalue weighted by Gasteiger charge is -2.09. The molecule has 0 saturated carbocycles. The Morgan fingerprint density at radius 1 is 1.32 bits per heavy atom. The first-order valence-electron chi connectivity index (χ1n) is 7.12. The van der Waals surface area contributed by atoms with Crippen molar-refractivity contribution in [3.8, 4) is 11.5 Å². The summed E-state index contributed by atoms with van der Waals surface area (Å²) >= 11 is 0. The SMILES string of the molecule is CCCCNC(=O)C=Cc1ccc(OCC(N)=O)c(OC)c1. The highest BCUT2D eigenvalue weighted by Gasteiger charge is 2.06. The molecule has 0 fully saturated rings. The first-order chi connectivity index (χ1) is 10.6. The number of hydrogen-bond donors (Lipinski definition) is 2. The molecule has 6 nitrogen and oxygen atoms in total. The van der Waals surface area contributed by atoms with Crippen molar-refractivity contribution in [2.24, 2.45) is 5.73 Å². The molecule has 3 N–H and O–H groups in total. The van der Waals surface area contributed by atoms with Gasteiger partial charge in [-0.3, -0.25) is 9.59 Å². The van der Waals surface area contributed by atoms with E-state index in [4.69, 9.17) is 15.2 Å². The number of carbonyl (C=O) groups is 2. The minimum atomic E-state index is -0.560. The Morgan fingerprint density at radius 3 is 2.73 bits per heavy atom. The van der Waals surface area contributed by atoms with Crippen molar-refractivity contribution in [1.82, 2.24) is 5.32 Å². The number of nitrogens with two attached hydrogens (primary N) is 1. The summed E-state index contributed by atoms with van der Waals surface area (Å²) in [6, 6.07) is 5.14. The lowest BCUT2D eigenvalue weighted by Crippen LogP contribution is -2.21. The highest BCUT2D eigenvalue weighted by Crippen LogP contribution is 2.28. The number of unbranched alkanes of at least 4 members (excludes halogenated alkanes) is 1. The summed E-state index contributed by atoms with van der Waals surface area (Å²) in [6.07, 6.45) is 5.14. The molecule has 0 aromatic heterocycles. The van der Waals surface area contributed by atoms with E-state index in [2.05, 4.69) is 12.2 Å². The average molecular weight is 306 g/mol. The highest BCUT2D eigenvalue weighted by molar-refractivity contribution is 5.91. The Balaban J connectivity index is 2.68. The zero-order valence-electron chi connectivity index (χ0n) is 12.9. The summed E-state index contributed by atoms with van der Waals surface area (Å²) in [6.45, 7) is 2.52. The molecule has 0 radical (unpaired) electrons. The number of hydrogen-bond acceptors (Lipinski definition) is 4. The number of rotatable bonds is 9. The fourth-order valence-corrected chi connectivity index (χ4v) is 1.68. The molecule has 1 rings (SSSR count). The molecular weight excluding hydrogens is 284 g/mol. The topological polar surface area (TPSA) is 90.6 Å². The molecule has 6 heteroatoms. The van der Waals surface area contributed by atoms with Crippen molar-refractivity contribution < 1.29 is 19.1 Å². The third-order valence-electron chi connectivity index (χ3n) is 2.81. The van der Waals surface area contributed by atoms with Crippen LogP contribution in [-0.4, -0.2) is 32.1 Å². The summed E-state index contributed by atoms with van der Waals surface area (Å²) < 4.78 is 10.4. The molecule has 0 atom stereocenters. The van der Waals surface area contributed by atoms with Gasteiger partial charge in [-0.15, -0.1) is 0 Å². The lowest BCUT2D eigenvalue weighted by molar-refractivity contribution is -0.120. The summed E-state index contributed by atoms with van der Waals surface area (Å²) in [7, 11) is 1.50. The number of primary amides is 1. The predicted octanol–water partition coefficient (Wildman–Crippen LogP) is 1.49. The Kier molecular flexibility index (Phi) is 7.53. The molecule has 0 heterocycles. The van der Waals surface area contributed by atoms with Crippen molar-refractivity contribution in [1.29, 1.82) is 0 Å². The Morgan fingerprint density at radius 2 is 2.09 bits per heavy atom. The predicted molar refractivity (Wildman–Crippen MR) is 84.6 cm³/mol. The summed E-state index contributed by atoms with van der Waals surface area (Å²) in [5.41, 5.74) is 5.82. The molecule has 22 heavy (non-hydrogen) atoms. The number of nitrogens with one attached hydrogen (secondary N) is 1. The molecule has 0 aliphatic carbocycles. The van der Waals surface area contributed by atoms with E-state index in [1.165, 1.54) is 13.2 Å². The summed E-state index contributed by atoms with van der Waals surface area (Å²) in [4.78, 5) is 22.3. The molecule has 0 aliphatic heterocycles. The Labute approximate surface area is 130 Å². The van der Waals surface area contributed by atoms with Crippen LogP contribution in [-0.2, 0) is 9.59 Å². The molecule has 0 saturated heterocycles. The van der Waals surface area contributed by atoms with Gasteiger partial charge in [0.15, 0.2) is 18.1 Å². The van der Waals surface area contributed by atoms with Crippen LogP contribution in [0.3, 0.4) is 0 Å². The van der Waals surface area contributed by atoms with Gasteiger partial charge in [-0.05, 0) is 30.2 Å². The first-order valence-corrected chi connectivity index (χ1v) is 7.12. The van der Waals surface area contributed by atoms with E-state index in [1.807, 2.05) is 0 Å². The van der Waals surface area contributed by atoms with E-state index in [9.17, 15) is 9.59 Å². The molecule has 0 bridgehead atoms. The summed E-state index contributed by atoms with van der Waals surface area (Å²) in [5, 5.41) is 2.79. The van der Waals surface area contributed by atoms with Crippen LogP contribution in [0.5, 0.6) is 11.5 Å². The molecule has 1 aromatic carbocycles. The number of carbonyl (C=O) groups excluding carboxylic acids is 2. The van der Waals surface area contributed by atoms with E-state index < -0.39 is 5.91 Å². The van der Waals surface area contributed by atoms with Gasteiger partial charge in [0.05, 0.1) is 7.11 Å². The van der Waals surface area contributed by atoms with Crippen molar-refractivity contribution in [2.45, 2.75) is 19.8 Å². The Bertz CT molecular complexity index is 541. The first kappa shape index (κ1) is 17.6. The molecule has 2 amide bonds. The molecule has 0 unspecified atom stereocenters. The van der Waals surface area contributed by atoms with E-state index in [-0.39, 0.29) is 12.5 Å². The standard InChI is InChI=1S/C16H22N2O4/c1-3-4-9-18-16(20)8-6-12-5-7-13(14(10-12)21-2)22-11-15(17)19/h5-8,10H,3-4,9,11H2,1-2H3,(H2,17,19)(H,18,20). The number of benzene rings is 1.